The number of carbonyl (C=O) groups excluding carboxylic acids is 1. The summed E-state index contributed by atoms with van der Waals surface area (Å²) < 4.78 is 4.93. The standard InChI is InChI=1S/C11H7NO4/c13-11(10-5-2-6-16-10)8-3-1-4-9(7-8)12(14)15/h1-7H. The van der Waals surface area contributed by atoms with E-state index in [0.717, 1.165) is 0 Å². The van der Waals surface area contributed by atoms with E-state index in [2.05, 4.69) is 0 Å². The Balaban J connectivity index is 2.38. The van der Waals surface area contributed by atoms with Gasteiger partial charge in [0, 0.05) is 17.7 Å². The number of hydrogen-bond donors (Lipinski definition) is 0. The molecule has 0 spiro atoms. The number of nitrogens with zero attached hydrogens (tertiary/aromatic N) is 1. The van der Waals surface area contributed by atoms with Crippen LogP contribution in [0, 0.1) is 10.1 Å². The van der Waals surface area contributed by atoms with Crippen LogP contribution in [0.15, 0.2) is 47.1 Å². The largest absolute Gasteiger partial charge is 0.461 e. The molecule has 80 valence electrons. The molecule has 2 rings (SSSR count). The molecule has 0 aliphatic heterocycles. The Morgan fingerprint density at radius 3 is 2.69 bits per heavy atom. The highest BCUT2D eigenvalue weighted by Gasteiger charge is 2.14. The summed E-state index contributed by atoms with van der Waals surface area (Å²) in [5.41, 5.74) is 0.126. The second kappa shape index (κ2) is 3.98. The van der Waals surface area contributed by atoms with Crippen LogP contribution in [0.1, 0.15) is 16.1 Å². The SMILES string of the molecule is O=C(c1cccc([N+](=O)[O-])c1)c1ccco1. The summed E-state index contributed by atoms with van der Waals surface area (Å²) in [5, 5.41) is 10.5. The van der Waals surface area contributed by atoms with Gasteiger partial charge in [0.15, 0.2) is 5.76 Å². The van der Waals surface area contributed by atoms with Crippen molar-refractivity contribution in [3.05, 3.63) is 64.1 Å². The highest BCUT2D eigenvalue weighted by Crippen LogP contribution is 2.16. The van der Waals surface area contributed by atoms with Gasteiger partial charge in [0.05, 0.1) is 11.2 Å². The number of carbonyl (C=O) groups is 1. The lowest BCUT2D eigenvalue weighted by molar-refractivity contribution is -0.384. The Morgan fingerprint density at radius 1 is 1.25 bits per heavy atom. The lowest BCUT2D eigenvalue weighted by Crippen LogP contribution is -2.00. The molecule has 0 atom stereocenters. The van der Waals surface area contributed by atoms with E-state index in [9.17, 15) is 14.9 Å². The molecule has 0 saturated heterocycles. The van der Waals surface area contributed by atoms with Gasteiger partial charge in [-0.2, -0.15) is 0 Å². The van der Waals surface area contributed by atoms with Crippen molar-refractivity contribution in [1.82, 2.24) is 0 Å². The quantitative estimate of drug-likeness (QED) is 0.449. The number of hydrogen-bond acceptors (Lipinski definition) is 4. The van der Waals surface area contributed by atoms with Gasteiger partial charge in [0.1, 0.15) is 0 Å². The van der Waals surface area contributed by atoms with Crippen LogP contribution in [0.2, 0.25) is 0 Å². The molecular formula is C11H7NO4. The molecule has 0 aliphatic carbocycles. The lowest BCUT2D eigenvalue weighted by atomic mass is 10.1. The maximum atomic E-state index is 11.8. The monoisotopic (exact) mass is 217 g/mol. The summed E-state index contributed by atoms with van der Waals surface area (Å²) in [4.78, 5) is 21.8. The van der Waals surface area contributed by atoms with Gasteiger partial charge in [-0.25, -0.2) is 0 Å². The minimum Gasteiger partial charge on any atom is -0.461 e. The molecule has 0 fully saturated rings. The minimum atomic E-state index is -0.543. The zero-order chi connectivity index (χ0) is 11.5. The van der Waals surface area contributed by atoms with Gasteiger partial charge < -0.3 is 4.42 Å². The van der Waals surface area contributed by atoms with E-state index >= 15 is 0 Å². The van der Waals surface area contributed by atoms with Gasteiger partial charge in [0.25, 0.3) is 5.69 Å². The van der Waals surface area contributed by atoms with Crippen molar-refractivity contribution < 1.29 is 14.1 Å². The van der Waals surface area contributed by atoms with Gasteiger partial charge >= 0.3 is 0 Å². The van der Waals surface area contributed by atoms with Crippen LogP contribution in [-0.2, 0) is 0 Å². The number of non-ortho nitro benzene ring substituents is 1. The molecule has 2 aromatic rings. The first-order valence-electron chi connectivity index (χ1n) is 4.51. The van der Waals surface area contributed by atoms with Crippen LogP contribution >= 0.6 is 0 Å². The van der Waals surface area contributed by atoms with Crippen LogP contribution in [0.4, 0.5) is 5.69 Å². The third-order valence-corrected chi connectivity index (χ3v) is 2.06. The summed E-state index contributed by atoms with van der Waals surface area (Å²) in [6.07, 6.45) is 1.38. The third kappa shape index (κ3) is 1.83. The van der Waals surface area contributed by atoms with Crippen molar-refractivity contribution in [2.24, 2.45) is 0 Å². The molecule has 1 aromatic carbocycles. The van der Waals surface area contributed by atoms with Crippen LogP contribution in [-0.4, -0.2) is 10.7 Å². The predicted molar refractivity (Wildman–Crippen MR) is 55.2 cm³/mol. The van der Waals surface area contributed by atoms with E-state index < -0.39 is 4.92 Å². The van der Waals surface area contributed by atoms with Gasteiger partial charge in [-0.15, -0.1) is 0 Å². The van der Waals surface area contributed by atoms with E-state index in [1.165, 1.54) is 36.6 Å². The molecule has 0 bridgehead atoms. The smallest absolute Gasteiger partial charge is 0.270 e. The summed E-state index contributed by atoms with van der Waals surface area (Å²) >= 11 is 0. The molecule has 0 aliphatic rings. The van der Waals surface area contributed by atoms with Gasteiger partial charge in [-0.1, -0.05) is 12.1 Å². The van der Waals surface area contributed by atoms with Crippen molar-refractivity contribution >= 4 is 11.5 Å². The first-order valence-corrected chi connectivity index (χ1v) is 4.51. The highest BCUT2D eigenvalue weighted by atomic mass is 16.6. The third-order valence-electron chi connectivity index (χ3n) is 2.06. The number of furan rings is 1. The first-order chi connectivity index (χ1) is 7.68. The van der Waals surface area contributed by atoms with Crippen molar-refractivity contribution in [3.8, 4) is 0 Å². The molecule has 1 heterocycles. The second-order valence-electron chi connectivity index (χ2n) is 3.11. The molecule has 5 nitrogen and oxygen atoms in total. The van der Waals surface area contributed by atoms with E-state index in [1.54, 1.807) is 6.07 Å². The minimum absolute atomic E-state index is 0.114. The van der Waals surface area contributed by atoms with E-state index in [0.29, 0.717) is 0 Å². The van der Waals surface area contributed by atoms with Gasteiger partial charge in [0.2, 0.25) is 5.78 Å². The second-order valence-corrected chi connectivity index (χ2v) is 3.11. The number of ketones is 1. The van der Waals surface area contributed by atoms with E-state index in [4.69, 9.17) is 4.42 Å². The normalized spacial score (nSPS) is 10.0. The fraction of sp³-hybridized carbons (Fsp3) is 0. The Kier molecular flexibility index (Phi) is 2.51. The maximum Gasteiger partial charge on any atom is 0.270 e. The zero-order valence-corrected chi connectivity index (χ0v) is 8.12. The van der Waals surface area contributed by atoms with Gasteiger partial charge in [-0.05, 0) is 12.1 Å². The lowest BCUT2D eigenvalue weighted by Gasteiger charge is -1.97. The molecule has 0 saturated carbocycles. The van der Waals surface area contributed by atoms with Crippen LogP contribution in [0.25, 0.3) is 0 Å². The van der Waals surface area contributed by atoms with E-state index in [-0.39, 0.29) is 22.8 Å². The molecule has 1 aromatic heterocycles. The highest BCUT2D eigenvalue weighted by molar-refractivity contribution is 6.07. The molecule has 0 amide bonds. The van der Waals surface area contributed by atoms with Crippen molar-refractivity contribution in [3.63, 3.8) is 0 Å². The summed E-state index contributed by atoms with van der Waals surface area (Å²) in [7, 11) is 0. The number of rotatable bonds is 3. The summed E-state index contributed by atoms with van der Waals surface area (Å²) in [6.45, 7) is 0. The van der Waals surface area contributed by atoms with Crippen LogP contribution in [0.3, 0.4) is 0 Å². The zero-order valence-electron chi connectivity index (χ0n) is 8.12. The number of nitro groups is 1. The molecule has 0 N–H and O–H groups in total. The van der Waals surface area contributed by atoms with Crippen molar-refractivity contribution in [1.29, 1.82) is 0 Å². The molecule has 0 unspecified atom stereocenters. The fourth-order valence-corrected chi connectivity index (χ4v) is 1.31. The fourth-order valence-electron chi connectivity index (χ4n) is 1.31. The molecular weight excluding hydrogens is 210 g/mol. The Bertz CT molecular complexity index is 531. The molecule has 16 heavy (non-hydrogen) atoms. The average molecular weight is 217 g/mol. The molecule has 0 radical (unpaired) electrons. The summed E-state index contributed by atoms with van der Waals surface area (Å²) in [5.74, 6) is -0.200. The predicted octanol–water partition coefficient (Wildman–Crippen LogP) is 2.42. The Labute approximate surface area is 90.5 Å². The topological polar surface area (TPSA) is 73.3 Å². The Morgan fingerprint density at radius 2 is 2.06 bits per heavy atom. The summed E-state index contributed by atoms with van der Waals surface area (Å²) in [6, 6.07) is 8.64. The van der Waals surface area contributed by atoms with Crippen LogP contribution in [0.5, 0.6) is 0 Å². The number of benzene rings is 1. The Hall–Kier alpha value is -2.43. The first kappa shape index (κ1) is 10.1. The van der Waals surface area contributed by atoms with Gasteiger partial charge in [-0.3, -0.25) is 14.9 Å². The maximum absolute atomic E-state index is 11.8. The average Bonchev–Trinajstić information content (AvgIpc) is 2.81. The van der Waals surface area contributed by atoms with Crippen molar-refractivity contribution in [2.45, 2.75) is 0 Å². The van der Waals surface area contributed by atoms with Crippen molar-refractivity contribution in [2.75, 3.05) is 0 Å². The van der Waals surface area contributed by atoms with E-state index in [1.807, 2.05) is 0 Å². The molecule has 5 heteroatoms. The number of nitro benzene ring substituents is 1. The van der Waals surface area contributed by atoms with Crippen LogP contribution < -0.4 is 0 Å².